The molecule has 0 unspecified atom stereocenters. The number of phenols is 1. The normalized spacial score (nSPS) is 9.67. The van der Waals surface area contributed by atoms with Crippen LogP contribution in [0.2, 0.25) is 0 Å². The van der Waals surface area contributed by atoms with Crippen molar-refractivity contribution in [2.45, 2.75) is 13.3 Å². The van der Waals surface area contributed by atoms with Gasteiger partial charge in [0.05, 0.1) is 0 Å². The highest BCUT2D eigenvalue weighted by Crippen LogP contribution is 2.15. The SMILES string of the molecule is CCc1ccc(C#Cc2ccc(O)c(F)c2)cc1. The van der Waals surface area contributed by atoms with E-state index in [2.05, 4.69) is 18.8 Å². The molecular weight excluding hydrogens is 227 g/mol. The number of halogens is 1. The first-order chi connectivity index (χ1) is 8.69. The summed E-state index contributed by atoms with van der Waals surface area (Å²) in [6, 6.07) is 12.1. The lowest BCUT2D eigenvalue weighted by Gasteiger charge is -1.96. The molecule has 0 aliphatic rings. The maximum Gasteiger partial charge on any atom is 0.166 e. The second-order valence-electron chi connectivity index (χ2n) is 3.97. The summed E-state index contributed by atoms with van der Waals surface area (Å²) in [6.45, 7) is 2.10. The van der Waals surface area contributed by atoms with E-state index in [1.54, 1.807) is 6.07 Å². The van der Waals surface area contributed by atoms with Crippen LogP contribution in [0.25, 0.3) is 0 Å². The van der Waals surface area contributed by atoms with Crippen LogP contribution in [-0.4, -0.2) is 5.11 Å². The lowest BCUT2D eigenvalue weighted by molar-refractivity contribution is 0.432. The predicted octanol–water partition coefficient (Wildman–Crippen LogP) is 3.49. The van der Waals surface area contributed by atoms with E-state index in [9.17, 15) is 4.39 Å². The number of aromatic hydroxyl groups is 1. The molecule has 18 heavy (non-hydrogen) atoms. The molecule has 2 aromatic rings. The van der Waals surface area contributed by atoms with Crippen LogP contribution in [0.1, 0.15) is 23.6 Å². The Morgan fingerprint density at radius 3 is 2.22 bits per heavy atom. The highest BCUT2D eigenvalue weighted by molar-refractivity contribution is 5.45. The van der Waals surface area contributed by atoms with Crippen molar-refractivity contribution in [2.75, 3.05) is 0 Å². The van der Waals surface area contributed by atoms with Crippen LogP contribution in [0.15, 0.2) is 42.5 Å². The van der Waals surface area contributed by atoms with Crippen LogP contribution >= 0.6 is 0 Å². The first-order valence-electron chi connectivity index (χ1n) is 5.78. The quantitative estimate of drug-likeness (QED) is 0.756. The van der Waals surface area contributed by atoms with Gasteiger partial charge in [0.2, 0.25) is 0 Å². The molecule has 0 heterocycles. The lowest BCUT2D eigenvalue weighted by atomic mass is 10.1. The Balaban J connectivity index is 2.22. The van der Waals surface area contributed by atoms with Crippen LogP contribution < -0.4 is 0 Å². The molecule has 1 nitrogen and oxygen atoms in total. The minimum absolute atomic E-state index is 0.354. The summed E-state index contributed by atoms with van der Waals surface area (Å²) in [6.07, 6.45) is 0.997. The first-order valence-corrected chi connectivity index (χ1v) is 5.78. The number of hydrogen-bond acceptors (Lipinski definition) is 1. The highest BCUT2D eigenvalue weighted by atomic mass is 19.1. The van der Waals surface area contributed by atoms with Gasteiger partial charge in [0.15, 0.2) is 11.6 Å². The van der Waals surface area contributed by atoms with Crippen molar-refractivity contribution >= 4 is 0 Å². The number of hydrogen-bond donors (Lipinski definition) is 1. The maximum absolute atomic E-state index is 13.1. The Morgan fingerprint density at radius 2 is 1.61 bits per heavy atom. The van der Waals surface area contributed by atoms with E-state index in [0.717, 1.165) is 12.0 Å². The van der Waals surface area contributed by atoms with Crippen molar-refractivity contribution in [1.29, 1.82) is 0 Å². The smallest absolute Gasteiger partial charge is 0.166 e. The van der Waals surface area contributed by atoms with Gasteiger partial charge < -0.3 is 5.11 Å². The van der Waals surface area contributed by atoms with E-state index in [-0.39, 0.29) is 5.75 Å². The Bertz CT molecular complexity index is 603. The van der Waals surface area contributed by atoms with Crippen LogP contribution in [-0.2, 0) is 6.42 Å². The zero-order valence-electron chi connectivity index (χ0n) is 10.1. The number of phenolic OH excluding ortho intramolecular Hbond substituents is 1. The average molecular weight is 240 g/mol. The van der Waals surface area contributed by atoms with Gasteiger partial charge in [-0.15, -0.1) is 0 Å². The molecule has 0 amide bonds. The molecule has 0 saturated heterocycles. The molecule has 0 saturated carbocycles. The fraction of sp³-hybridized carbons (Fsp3) is 0.125. The molecule has 2 rings (SSSR count). The van der Waals surface area contributed by atoms with Crippen molar-refractivity contribution in [3.63, 3.8) is 0 Å². The summed E-state index contributed by atoms with van der Waals surface area (Å²) in [7, 11) is 0. The van der Waals surface area contributed by atoms with Gasteiger partial charge in [0, 0.05) is 11.1 Å². The molecule has 0 fully saturated rings. The van der Waals surface area contributed by atoms with Gasteiger partial charge >= 0.3 is 0 Å². The summed E-state index contributed by atoms with van der Waals surface area (Å²) < 4.78 is 13.1. The van der Waals surface area contributed by atoms with E-state index in [1.165, 1.54) is 17.7 Å². The zero-order valence-corrected chi connectivity index (χ0v) is 10.1. The van der Waals surface area contributed by atoms with E-state index in [0.29, 0.717) is 5.56 Å². The predicted molar refractivity (Wildman–Crippen MR) is 69.9 cm³/mol. The molecule has 0 bridgehead atoms. The Hall–Kier alpha value is -2.27. The second-order valence-corrected chi connectivity index (χ2v) is 3.97. The highest BCUT2D eigenvalue weighted by Gasteiger charge is 1.98. The lowest BCUT2D eigenvalue weighted by Crippen LogP contribution is -1.82. The molecule has 2 aromatic carbocycles. The van der Waals surface area contributed by atoms with Gasteiger partial charge in [0.1, 0.15) is 0 Å². The van der Waals surface area contributed by atoms with Crippen molar-refractivity contribution < 1.29 is 9.50 Å². The minimum Gasteiger partial charge on any atom is -0.505 e. The Labute approximate surface area is 106 Å². The Kier molecular flexibility index (Phi) is 3.64. The van der Waals surface area contributed by atoms with E-state index >= 15 is 0 Å². The molecule has 0 aromatic heterocycles. The van der Waals surface area contributed by atoms with Gasteiger partial charge in [0.25, 0.3) is 0 Å². The molecule has 2 heteroatoms. The van der Waals surface area contributed by atoms with E-state index in [1.807, 2.05) is 24.3 Å². The van der Waals surface area contributed by atoms with Gasteiger partial charge in [-0.05, 0) is 42.3 Å². The Morgan fingerprint density at radius 1 is 1.00 bits per heavy atom. The van der Waals surface area contributed by atoms with Crippen molar-refractivity contribution in [1.82, 2.24) is 0 Å². The van der Waals surface area contributed by atoms with E-state index < -0.39 is 5.82 Å². The summed E-state index contributed by atoms with van der Waals surface area (Å²) >= 11 is 0. The average Bonchev–Trinajstić information content (AvgIpc) is 2.41. The number of benzene rings is 2. The first kappa shape index (κ1) is 12.2. The third-order valence-corrected chi connectivity index (χ3v) is 2.66. The fourth-order valence-electron chi connectivity index (χ4n) is 1.55. The molecular formula is C16H13FO. The van der Waals surface area contributed by atoms with Gasteiger partial charge in [-0.1, -0.05) is 30.9 Å². The molecule has 0 aliphatic heterocycles. The summed E-state index contributed by atoms with van der Waals surface area (Å²) in [5.41, 5.74) is 2.70. The molecule has 0 atom stereocenters. The summed E-state index contributed by atoms with van der Waals surface area (Å²) in [5, 5.41) is 9.06. The van der Waals surface area contributed by atoms with Crippen molar-refractivity contribution in [3.05, 3.63) is 65.0 Å². The van der Waals surface area contributed by atoms with Gasteiger partial charge in [-0.25, -0.2) is 4.39 Å². The summed E-state index contributed by atoms with van der Waals surface area (Å²) in [4.78, 5) is 0. The summed E-state index contributed by atoms with van der Waals surface area (Å²) in [5.74, 6) is 4.82. The largest absolute Gasteiger partial charge is 0.505 e. The minimum atomic E-state index is -0.650. The number of rotatable bonds is 1. The molecule has 0 radical (unpaired) electrons. The van der Waals surface area contributed by atoms with E-state index in [4.69, 9.17) is 5.11 Å². The molecule has 1 N–H and O–H groups in total. The zero-order chi connectivity index (χ0) is 13.0. The van der Waals surface area contributed by atoms with Gasteiger partial charge in [-0.2, -0.15) is 0 Å². The maximum atomic E-state index is 13.1. The molecule has 90 valence electrons. The standard InChI is InChI=1S/C16H13FO/c1-2-12-3-5-13(6-4-12)7-8-14-9-10-16(18)15(17)11-14/h3-6,9-11,18H,2H2,1H3. The second kappa shape index (κ2) is 5.37. The van der Waals surface area contributed by atoms with Gasteiger partial charge in [-0.3, -0.25) is 0 Å². The topological polar surface area (TPSA) is 20.2 Å². The third kappa shape index (κ3) is 2.89. The molecule has 0 spiro atoms. The fourth-order valence-corrected chi connectivity index (χ4v) is 1.55. The monoisotopic (exact) mass is 240 g/mol. The van der Waals surface area contributed by atoms with Crippen LogP contribution in [0.5, 0.6) is 5.75 Å². The van der Waals surface area contributed by atoms with Crippen LogP contribution in [0.3, 0.4) is 0 Å². The van der Waals surface area contributed by atoms with Crippen molar-refractivity contribution in [3.8, 4) is 17.6 Å². The molecule has 0 aliphatic carbocycles. The van der Waals surface area contributed by atoms with Crippen molar-refractivity contribution in [2.24, 2.45) is 0 Å². The van der Waals surface area contributed by atoms with Crippen LogP contribution in [0, 0.1) is 17.7 Å². The number of aryl methyl sites for hydroxylation is 1. The van der Waals surface area contributed by atoms with Crippen LogP contribution in [0.4, 0.5) is 4.39 Å². The third-order valence-electron chi connectivity index (χ3n) is 2.66.